The number of pyridine rings is 1. The summed E-state index contributed by atoms with van der Waals surface area (Å²) < 4.78 is 0. The van der Waals surface area contributed by atoms with Gasteiger partial charge in [0.15, 0.2) is 0 Å². The third-order valence-corrected chi connectivity index (χ3v) is 4.78. The Kier molecular flexibility index (Phi) is 8.46. The van der Waals surface area contributed by atoms with E-state index in [1.165, 1.54) is 6.92 Å². The standard InChI is InChI=1S/C22H30N4O2/c1-4-17(5-2)10-13-24-22(28)19-8-6-7-9-20(19)25-15-18-11-12-23-21(14-18)26-16(3)27/h6-9,11-12,14,17,25H,4-5,10,13,15H2,1-3H3,(H,24,28)(H,23,26,27). The molecule has 0 aliphatic rings. The minimum atomic E-state index is -0.159. The fraction of sp³-hybridized carbons (Fsp3) is 0.409. The zero-order valence-corrected chi connectivity index (χ0v) is 16.9. The quantitative estimate of drug-likeness (QED) is 0.575. The van der Waals surface area contributed by atoms with Crippen molar-refractivity contribution in [3.63, 3.8) is 0 Å². The molecule has 0 saturated carbocycles. The van der Waals surface area contributed by atoms with Crippen molar-refractivity contribution < 1.29 is 9.59 Å². The fourth-order valence-electron chi connectivity index (χ4n) is 3.05. The first-order chi connectivity index (χ1) is 13.5. The highest BCUT2D eigenvalue weighted by Crippen LogP contribution is 2.17. The van der Waals surface area contributed by atoms with E-state index in [9.17, 15) is 9.59 Å². The molecule has 0 aliphatic carbocycles. The van der Waals surface area contributed by atoms with E-state index in [4.69, 9.17) is 0 Å². The number of nitrogens with one attached hydrogen (secondary N) is 3. The van der Waals surface area contributed by atoms with E-state index in [1.54, 1.807) is 6.20 Å². The Morgan fingerprint density at radius 3 is 2.57 bits per heavy atom. The highest BCUT2D eigenvalue weighted by atomic mass is 16.2. The summed E-state index contributed by atoms with van der Waals surface area (Å²) in [5.74, 6) is 0.938. The van der Waals surface area contributed by atoms with Gasteiger partial charge in [0.2, 0.25) is 5.91 Å². The first-order valence-electron chi connectivity index (χ1n) is 9.87. The highest BCUT2D eigenvalue weighted by Gasteiger charge is 2.11. The first-order valence-corrected chi connectivity index (χ1v) is 9.87. The Labute approximate surface area is 167 Å². The largest absolute Gasteiger partial charge is 0.380 e. The summed E-state index contributed by atoms with van der Waals surface area (Å²) in [7, 11) is 0. The maximum absolute atomic E-state index is 12.6. The summed E-state index contributed by atoms with van der Waals surface area (Å²) in [6.45, 7) is 7.03. The number of nitrogens with zero attached hydrogens (tertiary/aromatic N) is 1. The van der Waals surface area contributed by atoms with Crippen molar-refractivity contribution >= 4 is 23.3 Å². The van der Waals surface area contributed by atoms with Crippen molar-refractivity contribution in [1.82, 2.24) is 10.3 Å². The van der Waals surface area contributed by atoms with Crippen LogP contribution in [0.2, 0.25) is 0 Å². The van der Waals surface area contributed by atoms with Crippen LogP contribution in [0.4, 0.5) is 11.5 Å². The molecule has 1 aromatic heterocycles. The average Bonchev–Trinajstić information content (AvgIpc) is 2.69. The monoisotopic (exact) mass is 382 g/mol. The van der Waals surface area contributed by atoms with Crippen LogP contribution in [0.3, 0.4) is 0 Å². The van der Waals surface area contributed by atoms with Crippen molar-refractivity contribution in [2.45, 2.75) is 46.6 Å². The summed E-state index contributed by atoms with van der Waals surface area (Å²) in [5, 5.41) is 9.01. The van der Waals surface area contributed by atoms with Gasteiger partial charge in [-0.05, 0) is 42.2 Å². The van der Waals surface area contributed by atoms with Crippen molar-refractivity contribution in [2.24, 2.45) is 5.92 Å². The number of para-hydroxylation sites is 1. The lowest BCUT2D eigenvalue weighted by molar-refractivity contribution is -0.114. The minimum absolute atomic E-state index is 0.0669. The smallest absolute Gasteiger partial charge is 0.253 e. The molecule has 3 N–H and O–H groups in total. The molecule has 1 aromatic carbocycles. The van der Waals surface area contributed by atoms with Crippen molar-refractivity contribution in [3.8, 4) is 0 Å². The van der Waals surface area contributed by atoms with Crippen LogP contribution in [-0.2, 0) is 11.3 Å². The molecule has 0 fully saturated rings. The zero-order chi connectivity index (χ0) is 20.4. The third-order valence-electron chi connectivity index (χ3n) is 4.78. The van der Waals surface area contributed by atoms with E-state index < -0.39 is 0 Å². The molecule has 0 bridgehead atoms. The average molecular weight is 383 g/mol. The molecule has 2 rings (SSSR count). The van der Waals surface area contributed by atoms with Gasteiger partial charge < -0.3 is 16.0 Å². The molecular weight excluding hydrogens is 352 g/mol. The maximum Gasteiger partial charge on any atom is 0.253 e. The number of benzene rings is 1. The summed E-state index contributed by atoms with van der Waals surface area (Å²) in [6.07, 6.45) is 4.92. The normalized spacial score (nSPS) is 10.6. The van der Waals surface area contributed by atoms with Gasteiger partial charge in [0.25, 0.3) is 5.91 Å². The summed E-state index contributed by atoms with van der Waals surface area (Å²) >= 11 is 0. The van der Waals surface area contributed by atoms with Crippen LogP contribution in [0.5, 0.6) is 0 Å². The van der Waals surface area contributed by atoms with Crippen LogP contribution in [0, 0.1) is 5.92 Å². The molecule has 2 amide bonds. The second-order valence-electron chi connectivity index (χ2n) is 6.86. The maximum atomic E-state index is 12.6. The molecule has 0 atom stereocenters. The number of amides is 2. The molecule has 150 valence electrons. The van der Waals surface area contributed by atoms with Crippen molar-refractivity contribution in [1.29, 1.82) is 0 Å². The first kappa shape index (κ1) is 21.4. The van der Waals surface area contributed by atoms with E-state index in [0.29, 0.717) is 30.4 Å². The number of carbonyl (C=O) groups excluding carboxylic acids is 2. The molecule has 0 saturated heterocycles. The number of hydrogen-bond acceptors (Lipinski definition) is 4. The molecule has 0 radical (unpaired) electrons. The molecule has 6 nitrogen and oxygen atoms in total. The molecule has 0 aliphatic heterocycles. The molecule has 6 heteroatoms. The molecule has 0 unspecified atom stereocenters. The highest BCUT2D eigenvalue weighted by molar-refractivity contribution is 5.99. The fourth-order valence-corrected chi connectivity index (χ4v) is 3.05. The van der Waals surface area contributed by atoms with Crippen molar-refractivity contribution in [2.75, 3.05) is 17.2 Å². The Morgan fingerprint density at radius 2 is 1.86 bits per heavy atom. The summed E-state index contributed by atoms with van der Waals surface area (Å²) in [4.78, 5) is 27.9. The Balaban J connectivity index is 1.98. The van der Waals surface area contributed by atoms with Crippen LogP contribution in [-0.4, -0.2) is 23.3 Å². The predicted octanol–water partition coefficient (Wildman–Crippen LogP) is 4.21. The Morgan fingerprint density at radius 1 is 1.11 bits per heavy atom. The molecule has 28 heavy (non-hydrogen) atoms. The molecule has 0 spiro atoms. The lowest BCUT2D eigenvalue weighted by Crippen LogP contribution is -2.26. The van der Waals surface area contributed by atoms with Crippen LogP contribution in [0.1, 0.15) is 56.0 Å². The second kappa shape index (κ2) is 11.1. The number of aromatic nitrogens is 1. The summed E-state index contributed by atoms with van der Waals surface area (Å²) in [5.41, 5.74) is 2.37. The number of rotatable bonds is 10. The number of hydrogen-bond donors (Lipinski definition) is 3. The van der Waals surface area contributed by atoms with Gasteiger partial charge in [-0.15, -0.1) is 0 Å². The van der Waals surface area contributed by atoms with Crippen LogP contribution < -0.4 is 16.0 Å². The molecule has 1 heterocycles. The van der Waals surface area contributed by atoms with Gasteiger partial charge in [-0.1, -0.05) is 38.8 Å². The van der Waals surface area contributed by atoms with E-state index in [-0.39, 0.29) is 11.8 Å². The van der Waals surface area contributed by atoms with Gasteiger partial charge in [0.1, 0.15) is 5.82 Å². The van der Waals surface area contributed by atoms with E-state index in [1.807, 2.05) is 36.4 Å². The van der Waals surface area contributed by atoms with Crippen molar-refractivity contribution in [3.05, 3.63) is 53.7 Å². The van der Waals surface area contributed by atoms with E-state index >= 15 is 0 Å². The molecule has 2 aromatic rings. The van der Waals surface area contributed by atoms with Gasteiger partial charge >= 0.3 is 0 Å². The Bertz CT molecular complexity index is 788. The topological polar surface area (TPSA) is 83.1 Å². The van der Waals surface area contributed by atoms with Gasteiger partial charge in [-0.25, -0.2) is 4.98 Å². The van der Waals surface area contributed by atoms with E-state index in [2.05, 4.69) is 34.8 Å². The van der Waals surface area contributed by atoms with Gasteiger partial charge in [-0.2, -0.15) is 0 Å². The van der Waals surface area contributed by atoms with Crippen LogP contribution in [0.25, 0.3) is 0 Å². The van der Waals surface area contributed by atoms with Crippen LogP contribution in [0.15, 0.2) is 42.6 Å². The van der Waals surface area contributed by atoms with Crippen LogP contribution >= 0.6 is 0 Å². The zero-order valence-electron chi connectivity index (χ0n) is 16.9. The number of carbonyl (C=O) groups is 2. The van der Waals surface area contributed by atoms with Gasteiger partial charge in [-0.3, -0.25) is 9.59 Å². The lowest BCUT2D eigenvalue weighted by Gasteiger charge is -2.15. The minimum Gasteiger partial charge on any atom is -0.380 e. The number of anilines is 2. The predicted molar refractivity (Wildman–Crippen MR) is 113 cm³/mol. The summed E-state index contributed by atoms with van der Waals surface area (Å²) in [6, 6.07) is 11.2. The second-order valence-corrected chi connectivity index (χ2v) is 6.86. The van der Waals surface area contributed by atoms with Gasteiger partial charge in [0.05, 0.1) is 5.56 Å². The van der Waals surface area contributed by atoms with E-state index in [0.717, 1.165) is 30.5 Å². The van der Waals surface area contributed by atoms with Gasteiger partial charge in [0, 0.05) is 31.9 Å². The molecular formula is C22H30N4O2. The third kappa shape index (κ3) is 6.68. The Hall–Kier alpha value is -2.89. The SMILES string of the molecule is CCC(CC)CCNC(=O)c1ccccc1NCc1ccnc(NC(C)=O)c1. The lowest BCUT2D eigenvalue weighted by atomic mass is 9.99.